The number of hydrogen-bond donors (Lipinski definition) is 3. The van der Waals surface area contributed by atoms with Crippen molar-refractivity contribution in [3.63, 3.8) is 0 Å². The number of hydrogen-bond acceptors (Lipinski definition) is 6. The first-order valence-electron chi connectivity index (χ1n) is 10.6. The molecule has 0 amide bonds. The summed E-state index contributed by atoms with van der Waals surface area (Å²) in [5, 5.41) is 21.4. The maximum absolute atomic E-state index is 13.5. The number of ketones is 1. The largest absolute Gasteiger partial charge is 0.496 e. The van der Waals surface area contributed by atoms with Gasteiger partial charge < -0.3 is 19.9 Å². The molecular formula is C24H29N3O4. The van der Waals surface area contributed by atoms with E-state index in [0.29, 0.717) is 30.9 Å². The molecule has 7 nitrogen and oxygen atoms in total. The lowest BCUT2D eigenvalue weighted by molar-refractivity contribution is 0.0161. The van der Waals surface area contributed by atoms with Gasteiger partial charge in [-0.3, -0.25) is 14.6 Å². The summed E-state index contributed by atoms with van der Waals surface area (Å²) in [7, 11) is 1.60. The Labute approximate surface area is 181 Å². The Morgan fingerprint density at radius 2 is 1.81 bits per heavy atom. The highest BCUT2D eigenvalue weighted by atomic mass is 16.5. The molecule has 31 heavy (non-hydrogen) atoms. The minimum Gasteiger partial charge on any atom is -0.496 e. The number of carbonyl (C=O) groups excluding carboxylic acids is 1. The van der Waals surface area contributed by atoms with E-state index in [1.165, 1.54) is 0 Å². The number of aliphatic hydroxyl groups is 2. The number of aromatic amines is 1. The molecule has 0 aliphatic carbocycles. The van der Waals surface area contributed by atoms with Crippen LogP contribution in [0.15, 0.2) is 54.7 Å². The standard InChI is InChI=1S/C24H29N3O4/c1-31-21-9-5-3-7-18(21)22(27-12-10-26(11-13-27)14-15-28)24(30)23(29)19-16-25-20-8-4-2-6-17(19)20/h2-9,16,22,24-25,28,30H,10-15H2,1H3/t22-,24+/m0/s1. The number of nitrogens with zero attached hydrogens (tertiary/aromatic N) is 2. The molecule has 2 aromatic carbocycles. The van der Waals surface area contributed by atoms with Gasteiger partial charge in [-0.05, 0) is 12.1 Å². The van der Waals surface area contributed by atoms with E-state index in [9.17, 15) is 15.0 Å². The second kappa shape index (κ2) is 9.62. The first-order chi connectivity index (χ1) is 15.1. The molecule has 0 spiro atoms. The highest BCUT2D eigenvalue weighted by Crippen LogP contribution is 2.34. The Morgan fingerprint density at radius 3 is 2.55 bits per heavy atom. The number of benzene rings is 2. The summed E-state index contributed by atoms with van der Waals surface area (Å²) in [5.41, 5.74) is 2.15. The third-order valence-corrected chi connectivity index (χ3v) is 6.10. The van der Waals surface area contributed by atoms with Crippen molar-refractivity contribution in [1.82, 2.24) is 14.8 Å². The molecule has 0 radical (unpaired) electrons. The summed E-state index contributed by atoms with van der Waals surface area (Å²) in [6.45, 7) is 3.64. The van der Waals surface area contributed by atoms with Gasteiger partial charge in [0, 0.05) is 61.0 Å². The topological polar surface area (TPSA) is 89.0 Å². The number of aliphatic hydroxyl groups excluding tert-OH is 2. The smallest absolute Gasteiger partial charge is 0.195 e. The molecule has 164 valence electrons. The van der Waals surface area contributed by atoms with Crippen molar-refractivity contribution < 1.29 is 19.7 Å². The zero-order chi connectivity index (χ0) is 21.8. The number of methoxy groups -OCH3 is 1. The van der Waals surface area contributed by atoms with Gasteiger partial charge in [-0.25, -0.2) is 0 Å². The fraction of sp³-hybridized carbons (Fsp3) is 0.375. The summed E-state index contributed by atoms with van der Waals surface area (Å²) in [6, 6.07) is 14.6. The summed E-state index contributed by atoms with van der Waals surface area (Å²) >= 11 is 0. The van der Waals surface area contributed by atoms with Gasteiger partial charge >= 0.3 is 0 Å². The zero-order valence-electron chi connectivity index (χ0n) is 17.7. The van der Waals surface area contributed by atoms with E-state index < -0.39 is 12.1 Å². The first-order valence-corrected chi connectivity index (χ1v) is 10.6. The summed E-state index contributed by atoms with van der Waals surface area (Å²) in [6.07, 6.45) is 0.425. The average molecular weight is 424 g/mol. The van der Waals surface area contributed by atoms with Gasteiger partial charge in [-0.2, -0.15) is 0 Å². The maximum atomic E-state index is 13.5. The third kappa shape index (κ3) is 4.36. The fourth-order valence-corrected chi connectivity index (χ4v) is 4.46. The number of H-pyrrole nitrogens is 1. The fourth-order valence-electron chi connectivity index (χ4n) is 4.46. The van der Waals surface area contributed by atoms with Gasteiger partial charge in [0.2, 0.25) is 0 Å². The second-order valence-corrected chi connectivity index (χ2v) is 7.85. The SMILES string of the molecule is COc1ccccc1[C@@H]([C@@H](O)C(=O)c1c[nH]c2ccccc12)N1CCN(CCO)CC1. The lowest BCUT2D eigenvalue weighted by atomic mass is 9.92. The molecule has 1 aliphatic rings. The van der Waals surface area contributed by atoms with Crippen LogP contribution in [0, 0.1) is 0 Å². The Bertz CT molecular complexity index is 1030. The number of fused-ring (bicyclic) bond motifs is 1. The van der Waals surface area contributed by atoms with Crippen LogP contribution in [0.1, 0.15) is 22.0 Å². The number of ether oxygens (including phenoxy) is 1. The molecule has 0 bridgehead atoms. The van der Waals surface area contributed by atoms with Crippen molar-refractivity contribution in [2.45, 2.75) is 12.1 Å². The van der Waals surface area contributed by atoms with E-state index in [4.69, 9.17) is 4.74 Å². The molecule has 1 saturated heterocycles. The number of para-hydroxylation sites is 2. The highest BCUT2D eigenvalue weighted by Gasteiger charge is 2.37. The molecule has 3 aromatic rings. The first kappa shape index (κ1) is 21.5. The van der Waals surface area contributed by atoms with Crippen molar-refractivity contribution >= 4 is 16.7 Å². The summed E-state index contributed by atoms with van der Waals surface area (Å²) in [4.78, 5) is 20.9. The molecule has 2 heterocycles. The second-order valence-electron chi connectivity index (χ2n) is 7.85. The molecule has 3 N–H and O–H groups in total. The number of nitrogens with one attached hydrogen (secondary N) is 1. The van der Waals surface area contributed by atoms with Crippen LogP contribution >= 0.6 is 0 Å². The van der Waals surface area contributed by atoms with E-state index in [0.717, 1.165) is 29.6 Å². The van der Waals surface area contributed by atoms with Crippen LogP contribution in [-0.4, -0.2) is 83.3 Å². The molecule has 0 saturated carbocycles. The van der Waals surface area contributed by atoms with Crippen LogP contribution in [0.3, 0.4) is 0 Å². The van der Waals surface area contributed by atoms with Gasteiger partial charge in [0.15, 0.2) is 5.78 Å². The average Bonchev–Trinajstić information content (AvgIpc) is 3.24. The number of rotatable bonds is 8. The van der Waals surface area contributed by atoms with Crippen molar-refractivity contribution in [3.8, 4) is 5.75 Å². The lowest BCUT2D eigenvalue weighted by Gasteiger charge is -2.41. The monoisotopic (exact) mass is 423 g/mol. The van der Waals surface area contributed by atoms with Gasteiger partial charge in [-0.15, -0.1) is 0 Å². The number of β-amino-alcohol motifs (C(OH)–C–C–N with tert-alkyl or cyclic N) is 1. The van der Waals surface area contributed by atoms with Crippen LogP contribution in [0.5, 0.6) is 5.75 Å². The van der Waals surface area contributed by atoms with Gasteiger partial charge in [0.05, 0.1) is 19.8 Å². The van der Waals surface area contributed by atoms with Crippen LogP contribution in [-0.2, 0) is 0 Å². The predicted molar refractivity (Wildman–Crippen MR) is 119 cm³/mol. The Balaban J connectivity index is 1.67. The molecule has 1 aromatic heterocycles. The van der Waals surface area contributed by atoms with E-state index >= 15 is 0 Å². The van der Waals surface area contributed by atoms with Crippen molar-refractivity contribution in [3.05, 3.63) is 65.9 Å². The molecule has 2 atom stereocenters. The molecular weight excluding hydrogens is 394 g/mol. The number of piperazine rings is 1. The summed E-state index contributed by atoms with van der Waals surface area (Å²) < 4.78 is 5.57. The minimum atomic E-state index is -1.25. The molecule has 1 fully saturated rings. The summed E-state index contributed by atoms with van der Waals surface area (Å²) in [5.74, 6) is 0.335. The lowest BCUT2D eigenvalue weighted by Crippen LogP contribution is -2.51. The van der Waals surface area contributed by atoms with Gasteiger partial charge in [0.25, 0.3) is 0 Å². The van der Waals surface area contributed by atoms with Crippen molar-refractivity contribution in [2.75, 3.05) is 46.4 Å². The Kier molecular flexibility index (Phi) is 6.67. The predicted octanol–water partition coefficient (Wildman–Crippen LogP) is 2.07. The van der Waals surface area contributed by atoms with Crippen LogP contribution in [0.25, 0.3) is 10.9 Å². The van der Waals surface area contributed by atoms with E-state index in [-0.39, 0.29) is 12.4 Å². The maximum Gasteiger partial charge on any atom is 0.195 e. The third-order valence-electron chi connectivity index (χ3n) is 6.10. The van der Waals surface area contributed by atoms with E-state index in [2.05, 4.69) is 14.8 Å². The van der Waals surface area contributed by atoms with Crippen LogP contribution in [0.4, 0.5) is 0 Å². The van der Waals surface area contributed by atoms with Crippen molar-refractivity contribution in [1.29, 1.82) is 0 Å². The molecule has 1 aliphatic heterocycles. The molecule has 7 heteroatoms. The minimum absolute atomic E-state index is 0.123. The number of Topliss-reactive ketones (excluding diaryl/α,β-unsaturated/α-hetero) is 1. The Hall–Kier alpha value is -2.71. The van der Waals surface area contributed by atoms with Gasteiger partial charge in [-0.1, -0.05) is 36.4 Å². The van der Waals surface area contributed by atoms with E-state index in [1.807, 2.05) is 48.5 Å². The van der Waals surface area contributed by atoms with E-state index in [1.54, 1.807) is 13.3 Å². The highest BCUT2D eigenvalue weighted by molar-refractivity contribution is 6.10. The van der Waals surface area contributed by atoms with Crippen LogP contribution in [0.2, 0.25) is 0 Å². The number of aromatic nitrogens is 1. The normalized spacial score (nSPS) is 17.5. The Morgan fingerprint density at radius 1 is 1.10 bits per heavy atom. The van der Waals surface area contributed by atoms with Crippen molar-refractivity contribution in [2.24, 2.45) is 0 Å². The zero-order valence-corrected chi connectivity index (χ0v) is 17.7. The van der Waals surface area contributed by atoms with Crippen LogP contribution < -0.4 is 4.74 Å². The number of carbonyl (C=O) groups is 1. The quantitative estimate of drug-likeness (QED) is 0.481. The van der Waals surface area contributed by atoms with Gasteiger partial charge in [0.1, 0.15) is 11.9 Å². The molecule has 4 rings (SSSR count). The molecule has 0 unspecified atom stereocenters.